The van der Waals surface area contributed by atoms with Crippen molar-refractivity contribution < 1.29 is 9.90 Å². The summed E-state index contributed by atoms with van der Waals surface area (Å²) in [6.45, 7) is 4.27. The fourth-order valence-electron chi connectivity index (χ4n) is 2.91. The van der Waals surface area contributed by atoms with Crippen LogP contribution in [0.4, 0.5) is 11.8 Å². The number of aromatic nitrogens is 5. The third kappa shape index (κ3) is 3.55. The number of nitrogen functional groups attached to an aromatic ring is 1. The molecule has 0 spiro atoms. The summed E-state index contributed by atoms with van der Waals surface area (Å²) in [5.74, 6) is 0.408. The first-order chi connectivity index (χ1) is 11.0. The second-order valence-corrected chi connectivity index (χ2v) is 5.81. The Morgan fingerprint density at radius 1 is 1.48 bits per heavy atom. The minimum absolute atomic E-state index is 0.0307. The maximum Gasteiger partial charge on any atom is 0.358 e. The number of hydrogen-bond acceptors (Lipinski definition) is 7. The quantitative estimate of drug-likeness (QED) is 0.839. The maximum atomic E-state index is 10.9. The molecule has 1 aliphatic heterocycles. The third-order valence-electron chi connectivity index (χ3n) is 3.90. The molecule has 0 aliphatic carbocycles. The summed E-state index contributed by atoms with van der Waals surface area (Å²) in [6.07, 6.45) is 3.56. The molecule has 9 nitrogen and oxygen atoms in total. The second kappa shape index (κ2) is 6.19. The van der Waals surface area contributed by atoms with Crippen molar-refractivity contribution in [2.45, 2.75) is 26.3 Å². The van der Waals surface area contributed by atoms with Gasteiger partial charge in [-0.2, -0.15) is 4.98 Å². The Labute approximate surface area is 133 Å². The number of piperidine rings is 1. The van der Waals surface area contributed by atoms with E-state index in [1.807, 2.05) is 13.0 Å². The molecule has 9 heteroatoms. The Morgan fingerprint density at radius 3 is 3.00 bits per heavy atom. The van der Waals surface area contributed by atoms with Crippen molar-refractivity contribution in [1.29, 1.82) is 0 Å². The molecule has 3 N–H and O–H groups in total. The van der Waals surface area contributed by atoms with Crippen molar-refractivity contribution in [1.82, 2.24) is 25.0 Å². The average Bonchev–Trinajstić information content (AvgIpc) is 2.95. The number of nitrogens with two attached hydrogens (primary N) is 1. The van der Waals surface area contributed by atoms with Crippen LogP contribution in [0.2, 0.25) is 0 Å². The normalized spacial score (nSPS) is 18.1. The van der Waals surface area contributed by atoms with E-state index in [0.717, 1.165) is 37.4 Å². The van der Waals surface area contributed by atoms with Gasteiger partial charge in [0.05, 0.1) is 6.20 Å². The van der Waals surface area contributed by atoms with E-state index >= 15 is 0 Å². The van der Waals surface area contributed by atoms with E-state index in [-0.39, 0.29) is 11.6 Å². The van der Waals surface area contributed by atoms with Gasteiger partial charge in [0.1, 0.15) is 5.82 Å². The number of carboxylic acid groups (broad SMARTS) is 1. The summed E-state index contributed by atoms with van der Waals surface area (Å²) in [7, 11) is 0. The Bertz CT molecular complexity index is 695. The number of nitrogens with zero attached hydrogens (tertiary/aromatic N) is 6. The lowest BCUT2D eigenvalue weighted by atomic mass is 9.98. The van der Waals surface area contributed by atoms with Crippen molar-refractivity contribution in [2.24, 2.45) is 5.92 Å². The molecule has 2 aromatic heterocycles. The van der Waals surface area contributed by atoms with Crippen LogP contribution in [0.1, 0.15) is 29.0 Å². The van der Waals surface area contributed by atoms with Crippen LogP contribution in [-0.2, 0) is 6.54 Å². The summed E-state index contributed by atoms with van der Waals surface area (Å²) < 4.78 is 1.59. The molecule has 1 saturated heterocycles. The van der Waals surface area contributed by atoms with E-state index in [1.165, 1.54) is 6.20 Å². The van der Waals surface area contributed by atoms with E-state index in [1.54, 1.807) is 4.68 Å². The second-order valence-electron chi connectivity index (χ2n) is 5.81. The van der Waals surface area contributed by atoms with E-state index in [4.69, 9.17) is 10.8 Å². The van der Waals surface area contributed by atoms with Crippen LogP contribution in [0.15, 0.2) is 12.3 Å². The number of carbonyl (C=O) groups is 1. The van der Waals surface area contributed by atoms with E-state index in [2.05, 4.69) is 25.2 Å². The molecule has 1 unspecified atom stereocenters. The molecule has 1 aliphatic rings. The van der Waals surface area contributed by atoms with Gasteiger partial charge in [-0.05, 0) is 25.7 Å². The van der Waals surface area contributed by atoms with Gasteiger partial charge in [-0.15, -0.1) is 5.10 Å². The minimum atomic E-state index is -1.06. The van der Waals surface area contributed by atoms with Gasteiger partial charge in [0.15, 0.2) is 5.69 Å². The van der Waals surface area contributed by atoms with Gasteiger partial charge in [-0.25, -0.2) is 9.78 Å². The molecular weight excluding hydrogens is 298 g/mol. The van der Waals surface area contributed by atoms with Gasteiger partial charge in [-0.1, -0.05) is 5.21 Å². The summed E-state index contributed by atoms with van der Waals surface area (Å²) in [4.78, 5) is 21.4. The van der Waals surface area contributed by atoms with E-state index in [0.29, 0.717) is 12.5 Å². The number of hydrogen-bond donors (Lipinski definition) is 2. The third-order valence-corrected chi connectivity index (χ3v) is 3.90. The average molecular weight is 317 g/mol. The first-order valence-electron chi connectivity index (χ1n) is 7.51. The van der Waals surface area contributed by atoms with Crippen molar-refractivity contribution in [3.8, 4) is 0 Å². The van der Waals surface area contributed by atoms with Crippen LogP contribution < -0.4 is 10.6 Å². The lowest BCUT2D eigenvalue weighted by Crippen LogP contribution is -2.37. The van der Waals surface area contributed by atoms with Gasteiger partial charge in [0.25, 0.3) is 0 Å². The van der Waals surface area contributed by atoms with Gasteiger partial charge in [0, 0.05) is 31.4 Å². The molecule has 0 aromatic carbocycles. The Kier molecular flexibility index (Phi) is 4.09. The van der Waals surface area contributed by atoms with Crippen LogP contribution >= 0.6 is 0 Å². The molecule has 122 valence electrons. The van der Waals surface area contributed by atoms with E-state index in [9.17, 15) is 4.79 Å². The number of anilines is 2. The predicted molar refractivity (Wildman–Crippen MR) is 83.1 cm³/mol. The molecule has 0 saturated carbocycles. The van der Waals surface area contributed by atoms with Crippen molar-refractivity contribution in [2.75, 3.05) is 23.7 Å². The molecule has 0 radical (unpaired) electrons. The maximum absolute atomic E-state index is 10.9. The Balaban J connectivity index is 1.69. The predicted octanol–water partition coefficient (Wildman–Crippen LogP) is 0.574. The highest BCUT2D eigenvalue weighted by atomic mass is 16.4. The van der Waals surface area contributed by atoms with Gasteiger partial charge in [-0.3, -0.25) is 4.68 Å². The highest BCUT2D eigenvalue weighted by molar-refractivity contribution is 5.84. The summed E-state index contributed by atoms with van der Waals surface area (Å²) in [5.41, 5.74) is 6.54. The smallest absolute Gasteiger partial charge is 0.358 e. The molecular formula is C14H19N7O2. The minimum Gasteiger partial charge on any atom is -0.476 e. The molecule has 0 bridgehead atoms. The Hall–Kier alpha value is -2.71. The number of aryl methyl sites for hydroxylation is 1. The molecule has 3 heterocycles. The zero-order chi connectivity index (χ0) is 16.4. The first-order valence-corrected chi connectivity index (χ1v) is 7.51. The highest BCUT2D eigenvalue weighted by Crippen LogP contribution is 2.23. The van der Waals surface area contributed by atoms with Gasteiger partial charge < -0.3 is 15.7 Å². The van der Waals surface area contributed by atoms with Crippen LogP contribution in [0, 0.1) is 12.8 Å². The molecule has 1 fully saturated rings. The zero-order valence-corrected chi connectivity index (χ0v) is 12.9. The fraction of sp³-hybridized carbons (Fsp3) is 0.500. The molecule has 2 aromatic rings. The summed E-state index contributed by atoms with van der Waals surface area (Å²) >= 11 is 0. The monoisotopic (exact) mass is 317 g/mol. The number of carboxylic acids is 1. The van der Waals surface area contributed by atoms with Crippen molar-refractivity contribution >= 4 is 17.7 Å². The lowest BCUT2D eigenvalue weighted by molar-refractivity contribution is 0.0690. The van der Waals surface area contributed by atoms with Crippen LogP contribution in [0.5, 0.6) is 0 Å². The largest absolute Gasteiger partial charge is 0.476 e. The van der Waals surface area contributed by atoms with Crippen molar-refractivity contribution in [3.05, 3.63) is 23.7 Å². The van der Waals surface area contributed by atoms with Crippen molar-refractivity contribution in [3.63, 3.8) is 0 Å². The topological polar surface area (TPSA) is 123 Å². The SMILES string of the molecule is Cc1cc(N2CCCC(Cn3cc(C(=O)O)nn3)C2)nc(N)n1. The first kappa shape index (κ1) is 15.2. The number of aromatic carboxylic acids is 1. The lowest BCUT2D eigenvalue weighted by Gasteiger charge is -2.33. The molecule has 23 heavy (non-hydrogen) atoms. The molecule has 1 atom stereocenters. The van der Waals surface area contributed by atoms with E-state index < -0.39 is 5.97 Å². The van der Waals surface area contributed by atoms with Crippen LogP contribution in [0.3, 0.4) is 0 Å². The summed E-state index contributed by atoms with van der Waals surface area (Å²) in [5, 5.41) is 16.4. The van der Waals surface area contributed by atoms with Gasteiger partial charge in [0.2, 0.25) is 5.95 Å². The highest BCUT2D eigenvalue weighted by Gasteiger charge is 2.22. The molecule has 3 rings (SSSR count). The fourth-order valence-corrected chi connectivity index (χ4v) is 2.91. The van der Waals surface area contributed by atoms with Gasteiger partial charge >= 0.3 is 5.97 Å². The van der Waals surface area contributed by atoms with Crippen LogP contribution in [-0.4, -0.2) is 49.1 Å². The summed E-state index contributed by atoms with van der Waals surface area (Å²) in [6, 6.07) is 1.93. The number of rotatable bonds is 4. The standard InChI is InChI=1S/C14H19N7O2/c1-9-5-12(17-14(15)16-9)20-4-2-3-10(6-20)7-21-8-11(13(22)23)18-19-21/h5,8,10H,2-4,6-7H2,1H3,(H,22,23)(H2,15,16,17). The molecule has 0 amide bonds. The Morgan fingerprint density at radius 2 is 2.30 bits per heavy atom. The zero-order valence-electron chi connectivity index (χ0n) is 12.9. The van der Waals surface area contributed by atoms with Crippen LogP contribution in [0.25, 0.3) is 0 Å².